The smallest absolute Gasteiger partial charge is 0.255 e. The summed E-state index contributed by atoms with van der Waals surface area (Å²) in [4.78, 5) is 15.9. The first kappa shape index (κ1) is 19.9. The van der Waals surface area contributed by atoms with Crippen LogP contribution >= 0.6 is 11.6 Å². The maximum Gasteiger partial charge on any atom is 0.255 e. The number of amides is 1. The number of aromatic nitrogens is 1. The first-order chi connectivity index (χ1) is 13.3. The Balaban J connectivity index is 1.73. The monoisotopic (exact) mass is 419 g/mol. The second-order valence-electron chi connectivity index (χ2n) is 5.75. The summed E-state index contributed by atoms with van der Waals surface area (Å²) in [6, 6.07) is 14.5. The van der Waals surface area contributed by atoms with Gasteiger partial charge in [0.2, 0.25) is 10.0 Å². The number of sulfonamides is 1. The largest absolute Gasteiger partial charge is 0.319 e. The number of anilines is 1. The summed E-state index contributed by atoms with van der Waals surface area (Å²) in [6.07, 6.45) is 1.54. The highest BCUT2D eigenvalue weighted by Gasteiger charge is 2.17. The summed E-state index contributed by atoms with van der Waals surface area (Å²) in [7, 11) is -3.94. The first-order valence-corrected chi connectivity index (χ1v) is 9.97. The van der Waals surface area contributed by atoms with E-state index in [1.165, 1.54) is 24.3 Å². The molecule has 0 aliphatic heterocycles. The standard InChI is InChI=1S/C19H15ClFN3O3S/c20-14-5-3-4-13(10-14)19(25)24-18-8-7-16(11-17(18)21)28(26,27)23-12-15-6-1-2-9-22-15/h1-11,23H,12H2,(H,24,25). The summed E-state index contributed by atoms with van der Waals surface area (Å²) in [5.74, 6) is -1.44. The van der Waals surface area contributed by atoms with Crippen molar-refractivity contribution in [2.45, 2.75) is 11.4 Å². The third kappa shape index (κ3) is 4.92. The molecule has 1 amide bonds. The average Bonchev–Trinajstić information content (AvgIpc) is 2.68. The molecule has 0 atom stereocenters. The summed E-state index contributed by atoms with van der Waals surface area (Å²) in [5, 5.41) is 2.76. The van der Waals surface area contributed by atoms with Crippen molar-refractivity contribution in [1.82, 2.24) is 9.71 Å². The second kappa shape index (κ2) is 8.47. The molecule has 0 aliphatic rings. The van der Waals surface area contributed by atoms with Gasteiger partial charge in [0.05, 0.1) is 22.8 Å². The fraction of sp³-hybridized carbons (Fsp3) is 0.0526. The zero-order valence-corrected chi connectivity index (χ0v) is 16.0. The quantitative estimate of drug-likeness (QED) is 0.639. The lowest BCUT2D eigenvalue weighted by molar-refractivity contribution is 0.102. The predicted molar refractivity (Wildman–Crippen MR) is 104 cm³/mol. The number of halogens is 2. The highest BCUT2D eigenvalue weighted by atomic mass is 35.5. The average molecular weight is 420 g/mol. The van der Waals surface area contributed by atoms with Crippen molar-refractivity contribution < 1.29 is 17.6 Å². The normalized spacial score (nSPS) is 11.2. The number of nitrogens with zero attached hydrogens (tertiary/aromatic N) is 1. The number of hydrogen-bond acceptors (Lipinski definition) is 4. The van der Waals surface area contributed by atoms with E-state index in [2.05, 4.69) is 15.0 Å². The number of nitrogens with one attached hydrogen (secondary N) is 2. The third-order valence-electron chi connectivity index (χ3n) is 3.76. The van der Waals surface area contributed by atoms with Crippen LogP contribution in [-0.4, -0.2) is 19.3 Å². The van der Waals surface area contributed by atoms with Gasteiger partial charge in [-0.2, -0.15) is 0 Å². The molecule has 0 saturated carbocycles. The van der Waals surface area contributed by atoms with Crippen molar-refractivity contribution in [3.63, 3.8) is 0 Å². The van der Waals surface area contributed by atoms with E-state index in [0.717, 1.165) is 6.07 Å². The van der Waals surface area contributed by atoms with Crippen molar-refractivity contribution in [2.24, 2.45) is 0 Å². The Bertz CT molecular complexity index is 1110. The van der Waals surface area contributed by atoms with E-state index in [9.17, 15) is 17.6 Å². The maximum atomic E-state index is 14.4. The molecule has 0 aliphatic carbocycles. The van der Waals surface area contributed by atoms with Crippen LogP contribution in [0.2, 0.25) is 5.02 Å². The molecule has 1 heterocycles. The number of hydrogen-bond donors (Lipinski definition) is 2. The summed E-state index contributed by atoms with van der Waals surface area (Å²) in [6.45, 7) is -0.0297. The number of rotatable bonds is 6. The fourth-order valence-electron chi connectivity index (χ4n) is 2.34. The Kier molecular flexibility index (Phi) is 6.03. The minimum absolute atomic E-state index is 0.0297. The molecule has 0 spiro atoms. The number of carbonyl (C=O) groups is 1. The van der Waals surface area contributed by atoms with Crippen LogP contribution in [0.25, 0.3) is 0 Å². The molecule has 3 rings (SSSR count). The second-order valence-corrected chi connectivity index (χ2v) is 7.96. The van der Waals surface area contributed by atoms with Gasteiger partial charge in [-0.3, -0.25) is 9.78 Å². The molecule has 0 bridgehead atoms. The Morgan fingerprint density at radius 1 is 1.07 bits per heavy atom. The zero-order valence-electron chi connectivity index (χ0n) is 14.4. The minimum Gasteiger partial charge on any atom is -0.319 e. The van der Waals surface area contributed by atoms with Gasteiger partial charge in [0.25, 0.3) is 5.91 Å². The van der Waals surface area contributed by atoms with Gasteiger partial charge in [-0.1, -0.05) is 23.7 Å². The maximum absolute atomic E-state index is 14.4. The minimum atomic E-state index is -3.94. The van der Waals surface area contributed by atoms with Gasteiger partial charge in [0, 0.05) is 16.8 Å². The van der Waals surface area contributed by atoms with Gasteiger partial charge < -0.3 is 5.32 Å². The van der Waals surface area contributed by atoms with Gasteiger partial charge in [0.15, 0.2) is 0 Å². The van der Waals surface area contributed by atoms with E-state index in [1.807, 2.05) is 0 Å². The molecule has 0 saturated heterocycles. The van der Waals surface area contributed by atoms with Gasteiger partial charge >= 0.3 is 0 Å². The zero-order chi connectivity index (χ0) is 20.1. The Hall–Kier alpha value is -2.81. The van der Waals surface area contributed by atoms with Crippen LogP contribution in [0, 0.1) is 5.82 Å². The molecule has 0 unspecified atom stereocenters. The van der Waals surface area contributed by atoms with E-state index in [-0.39, 0.29) is 22.7 Å². The van der Waals surface area contributed by atoms with Crippen LogP contribution in [0.4, 0.5) is 10.1 Å². The van der Waals surface area contributed by atoms with E-state index < -0.39 is 21.7 Å². The molecule has 0 fully saturated rings. The van der Waals surface area contributed by atoms with Crippen LogP contribution in [0.5, 0.6) is 0 Å². The molecule has 0 radical (unpaired) electrons. The highest BCUT2D eigenvalue weighted by Crippen LogP contribution is 2.20. The van der Waals surface area contributed by atoms with Gasteiger partial charge in [-0.05, 0) is 48.5 Å². The Morgan fingerprint density at radius 3 is 2.57 bits per heavy atom. The lowest BCUT2D eigenvalue weighted by Crippen LogP contribution is -2.24. The predicted octanol–water partition coefficient (Wildman–Crippen LogP) is 3.60. The SMILES string of the molecule is O=C(Nc1ccc(S(=O)(=O)NCc2ccccn2)cc1F)c1cccc(Cl)c1. The Labute approximate surface area is 166 Å². The molecular formula is C19H15ClFN3O3S. The number of carbonyl (C=O) groups excluding carboxylic acids is 1. The summed E-state index contributed by atoms with van der Waals surface area (Å²) < 4.78 is 41.4. The van der Waals surface area contributed by atoms with Crippen molar-refractivity contribution in [3.05, 3.63) is 89.0 Å². The van der Waals surface area contributed by atoms with Crippen LogP contribution in [0.15, 0.2) is 71.8 Å². The van der Waals surface area contributed by atoms with Crippen molar-refractivity contribution in [1.29, 1.82) is 0 Å². The summed E-state index contributed by atoms with van der Waals surface area (Å²) >= 11 is 5.84. The van der Waals surface area contributed by atoms with Crippen LogP contribution in [0.1, 0.15) is 16.1 Å². The molecule has 2 aromatic carbocycles. The van der Waals surface area contributed by atoms with E-state index in [1.54, 1.807) is 36.5 Å². The van der Waals surface area contributed by atoms with Crippen molar-refractivity contribution in [2.75, 3.05) is 5.32 Å². The molecular weight excluding hydrogens is 405 g/mol. The topological polar surface area (TPSA) is 88.2 Å². The first-order valence-electron chi connectivity index (χ1n) is 8.11. The molecule has 9 heteroatoms. The third-order valence-corrected chi connectivity index (χ3v) is 5.39. The molecule has 1 aromatic heterocycles. The lowest BCUT2D eigenvalue weighted by Gasteiger charge is -2.10. The van der Waals surface area contributed by atoms with Gasteiger partial charge in [-0.15, -0.1) is 0 Å². The molecule has 2 N–H and O–H groups in total. The number of benzene rings is 2. The molecule has 28 heavy (non-hydrogen) atoms. The van der Waals surface area contributed by atoms with Crippen molar-refractivity contribution >= 4 is 33.2 Å². The van der Waals surface area contributed by atoms with Crippen LogP contribution in [0.3, 0.4) is 0 Å². The summed E-state index contributed by atoms with van der Waals surface area (Å²) in [5.41, 5.74) is 0.631. The molecule has 3 aromatic rings. The van der Waals surface area contributed by atoms with E-state index >= 15 is 0 Å². The Morgan fingerprint density at radius 2 is 1.89 bits per heavy atom. The lowest BCUT2D eigenvalue weighted by atomic mass is 10.2. The van der Waals surface area contributed by atoms with Gasteiger partial charge in [0.1, 0.15) is 5.82 Å². The number of pyridine rings is 1. The van der Waals surface area contributed by atoms with E-state index in [0.29, 0.717) is 10.7 Å². The fourth-order valence-corrected chi connectivity index (χ4v) is 3.54. The molecule has 6 nitrogen and oxygen atoms in total. The highest BCUT2D eigenvalue weighted by molar-refractivity contribution is 7.89. The van der Waals surface area contributed by atoms with Crippen LogP contribution < -0.4 is 10.0 Å². The van der Waals surface area contributed by atoms with E-state index in [4.69, 9.17) is 11.6 Å². The van der Waals surface area contributed by atoms with Gasteiger partial charge in [-0.25, -0.2) is 17.5 Å². The molecule has 144 valence electrons. The van der Waals surface area contributed by atoms with Crippen LogP contribution in [-0.2, 0) is 16.6 Å². The van der Waals surface area contributed by atoms with Crippen molar-refractivity contribution in [3.8, 4) is 0 Å².